The lowest BCUT2D eigenvalue weighted by Gasteiger charge is -2.40. The molecule has 0 bridgehead atoms. The van der Waals surface area contributed by atoms with Crippen molar-refractivity contribution >= 4 is 23.9 Å². The van der Waals surface area contributed by atoms with Gasteiger partial charge in [-0.25, -0.2) is 4.79 Å². The number of aliphatic hydroxyl groups is 2. The molecule has 0 saturated carbocycles. The third-order valence-electron chi connectivity index (χ3n) is 16.5. The van der Waals surface area contributed by atoms with Crippen LogP contribution in [0.1, 0.15) is 355 Å². The number of rotatable bonds is 62. The van der Waals surface area contributed by atoms with Crippen molar-refractivity contribution in [3.05, 3.63) is 24.3 Å². The zero-order valence-corrected chi connectivity index (χ0v) is 54.0. The summed E-state index contributed by atoms with van der Waals surface area (Å²) in [6, 6.07) is 0. The van der Waals surface area contributed by atoms with Crippen molar-refractivity contribution in [3.8, 4) is 0 Å². The van der Waals surface area contributed by atoms with Crippen LogP contribution in [0, 0.1) is 0 Å². The minimum absolute atomic E-state index is 0.0631. The molecule has 0 radical (unpaired) electrons. The van der Waals surface area contributed by atoms with E-state index in [1.165, 1.54) is 218 Å². The maximum absolute atomic E-state index is 13.2. The van der Waals surface area contributed by atoms with E-state index in [9.17, 15) is 34.5 Å². The van der Waals surface area contributed by atoms with Gasteiger partial charge in [-0.15, -0.1) is 0 Å². The SMILES string of the molecule is CCCCCCCC/C=C\CCCCCCCCCCCC(=O)OC1C(OCC(COC(=O)CCCCCCCCC/C=C\CCCCCCCC)OC(=O)CCCCCCCCCCCCCCCCCCC)OC(C(=O)O)C(O)C1O. The molecule has 0 amide bonds. The molecule has 6 atom stereocenters. The highest BCUT2D eigenvalue weighted by atomic mass is 16.7. The van der Waals surface area contributed by atoms with Crippen molar-refractivity contribution in [1.82, 2.24) is 0 Å². The second-order valence-corrected chi connectivity index (χ2v) is 24.5. The summed E-state index contributed by atoms with van der Waals surface area (Å²) in [4.78, 5) is 51.5. The largest absolute Gasteiger partial charge is 0.479 e. The second-order valence-electron chi connectivity index (χ2n) is 24.5. The molecule has 1 saturated heterocycles. The monoisotopic (exact) mass is 1170 g/mol. The molecule has 486 valence electrons. The quantitative estimate of drug-likeness (QED) is 0.0228. The number of aliphatic hydroxyl groups excluding tert-OH is 2. The van der Waals surface area contributed by atoms with Gasteiger partial charge in [-0.05, 0) is 70.6 Å². The summed E-state index contributed by atoms with van der Waals surface area (Å²) in [6.45, 7) is 6.06. The van der Waals surface area contributed by atoms with E-state index in [0.717, 1.165) is 77.0 Å². The number of carboxylic acids is 1. The minimum Gasteiger partial charge on any atom is -0.479 e. The summed E-state index contributed by atoms with van der Waals surface area (Å²) in [7, 11) is 0. The normalized spacial score (nSPS) is 17.6. The Labute approximate surface area is 508 Å². The van der Waals surface area contributed by atoms with Crippen LogP contribution in [0.5, 0.6) is 0 Å². The van der Waals surface area contributed by atoms with Gasteiger partial charge in [-0.2, -0.15) is 0 Å². The summed E-state index contributed by atoms with van der Waals surface area (Å²) in [5.74, 6) is -3.08. The molecule has 1 fully saturated rings. The predicted octanol–water partition coefficient (Wildman–Crippen LogP) is 19.4. The van der Waals surface area contributed by atoms with Gasteiger partial charge >= 0.3 is 23.9 Å². The van der Waals surface area contributed by atoms with Gasteiger partial charge in [0, 0.05) is 19.3 Å². The molecule has 3 N–H and O–H groups in total. The summed E-state index contributed by atoms with van der Waals surface area (Å²) in [5, 5.41) is 31.7. The Bertz CT molecular complexity index is 1530. The molecule has 0 aromatic carbocycles. The smallest absolute Gasteiger partial charge is 0.335 e. The summed E-state index contributed by atoms with van der Waals surface area (Å²) >= 11 is 0. The van der Waals surface area contributed by atoms with Gasteiger partial charge in [-0.3, -0.25) is 14.4 Å². The fraction of sp³-hybridized carbons (Fsp3) is 0.887. The summed E-state index contributed by atoms with van der Waals surface area (Å²) in [5.41, 5.74) is 0. The lowest BCUT2D eigenvalue weighted by Crippen LogP contribution is -2.61. The van der Waals surface area contributed by atoms with Crippen molar-refractivity contribution in [2.24, 2.45) is 0 Å². The Kier molecular flexibility index (Phi) is 56.1. The lowest BCUT2D eigenvalue weighted by atomic mass is 9.98. The van der Waals surface area contributed by atoms with Crippen LogP contribution in [0.15, 0.2) is 24.3 Å². The number of esters is 3. The molecule has 0 aliphatic carbocycles. The van der Waals surface area contributed by atoms with Gasteiger partial charge in [0.05, 0.1) is 6.61 Å². The molecule has 0 aromatic rings. The van der Waals surface area contributed by atoms with E-state index in [-0.39, 0.29) is 25.9 Å². The Morgan fingerprint density at radius 3 is 1.02 bits per heavy atom. The number of allylic oxidation sites excluding steroid dienone is 4. The molecule has 12 nitrogen and oxygen atoms in total. The highest BCUT2D eigenvalue weighted by Crippen LogP contribution is 2.27. The maximum atomic E-state index is 13.2. The molecule has 12 heteroatoms. The van der Waals surface area contributed by atoms with Crippen LogP contribution in [-0.2, 0) is 42.9 Å². The Balaban J connectivity index is 2.61. The Morgan fingerprint density at radius 1 is 0.386 bits per heavy atom. The Hall–Kier alpha value is -2.80. The van der Waals surface area contributed by atoms with Crippen LogP contribution in [-0.4, -0.2) is 89.2 Å². The molecule has 1 heterocycles. The molecule has 1 aliphatic rings. The van der Waals surface area contributed by atoms with Crippen LogP contribution >= 0.6 is 0 Å². The molecular formula is C71H130O12. The molecule has 0 spiro atoms. The first kappa shape index (κ1) is 78.2. The molecular weight excluding hydrogens is 1040 g/mol. The second kappa shape index (κ2) is 59.5. The fourth-order valence-electron chi connectivity index (χ4n) is 11.1. The summed E-state index contributed by atoms with van der Waals surface area (Å²) < 4.78 is 28.6. The standard InChI is InChI=1S/C71H130O12/c1-4-7-10-13-16-19-22-25-28-31-32-35-38-41-44-47-50-53-56-59-65(74)82-69-67(76)66(75)68(70(77)78)83-71(69)80-61-62(81-64(73)58-55-52-49-46-43-40-37-34-30-27-24-21-18-15-12-9-6-3)60-79-63(72)57-54-51-48-45-42-39-36-33-29-26-23-20-17-14-11-8-5-2/h25-26,28-29,62,66-69,71,75-76H,4-24,27,30-61H2,1-3H3,(H,77,78)/b28-25-,29-26-. The number of carbonyl (C=O) groups excluding carboxylic acids is 3. The number of aliphatic carboxylic acids is 1. The minimum atomic E-state index is -1.90. The van der Waals surface area contributed by atoms with Crippen LogP contribution in [0.2, 0.25) is 0 Å². The zero-order valence-electron chi connectivity index (χ0n) is 54.0. The van der Waals surface area contributed by atoms with E-state index in [1.807, 2.05) is 0 Å². The van der Waals surface area contributed by atoms with Gasteiger partial charge in [0.25, 0.3) is 0 Å². The third-order valence-corrected chi connectivity index (χ3v) is 16.5. The average Bonchev–Trinajstić information content (AvgIpc) is 3.55. The first-order valence-corrected chi connectivity index (χ1v) is 35.3. The molecule has 1 rings (SSSR count). The van der Waals surface area contributed by atoms with Gasteiger partial charge in [-0.1, -0.05) is 289 Å². The Morgan fingerprint density at radius 2 is 0.687 bits per heavy atom. The van der Waals surface area contributed by atoms with Crippen molar-refractivity contribution in [2.75, 3.05) is 13.2 Å². The highest BCUT2D eigenvalue weighted by Gasteiger charge is 2.50. The molecule has 1 aliphatic heterocycles. The van der Waals surface area contributed by atoms with Crippen LogP contribution in [0.25, 0.3) is 0 Å². The van der Waals surface area contributed by atoms with E-state index >= 15 is 0 Å². The van der Waals surface area contributed by atoms with Gasteiger partial charge in [0.15, 0.2) is 24.6 Å². The van der Waals surface area contributed by atoms with Gasteiger partial charge < -0.3 is 39.0 Å². The lowest BCUT2D eigenvalue weighted by molar-refractivity contribution is -0.301. The number of carbonyl (C=O) groups is 4. The summed E-state index contributed by atoms with van der Waals surface area (Å²) in [6.07, 6.45) is 58.4. The van der Waals surface area contributed by atoms with Crippen molar-refractivity contribution in [3.63, 3.8) is 0 Å². The number of unbranched alkanes of at least 4 members (excludes halogenated alkanes) is 44. The first-order valence-electron chi connectivity index (χ1n) is 35.3. The van der Waals surface area contributed by atoms with Crippen LogP contribution < -0.4 is 0 Å². The number of hydrogen-bond acceptors (Lipinski definition) is 11. The van der Waals surface area contributed by atoms with E-state index in [1.54, 1.807) is 0 Å². The molecule has 0 aromatic heterocycles. The van der Waals surface area contributed by atoms with Crippen LogP contribution in [0.4, 0.5) is 0 Å². The van der Waals surface area contributed by atoms with Crippen molar-refractivity contribution in [2.45, 2.75) is 391 Å². The van der Waals surface area contributed by atoms with Gasteiger partial charge in [0.2, 0.25) is 0 Å². The third kappa shape index (κ3) is 48.9. The van der Waals surface area contributed by atoms with E-state index < -0.39 is 67.3 Å². The van der Waals surface area contributed by atoms with E-state index in [2.05, 4.69) is 45.1 Å². The predicted molar refractivity (Wildman–Crippen MR) is 340 cm³/mol. The van der Waals surface area contributed by atoms with Crippen molar-refractivity contribution < 1.29 is 58.2 Å². The van der Waals surface area contributed by atoms with E-state index in [4.69, 9.17) is 23.7 Å². The van der Waals surface area contributed by atoms with Crippen molar-refractivity contribution in [1.29, 1.82) is 0 Å². The average molecular weight is 1180 g/mol. The highest BCUT2D eigenvalue weighted by molar-refractivity contribution is 5.74. The number of hydrogen-bond donors (Lipinski definition) is 3. The first-order chi connectivity index (χ1) is 40.6. The number of carboxylic acid groups (broad SMARTS) is 1. The molecule has 6 unspecified atom stereocenters. The van der Waals surface area contributed by atoms with Crippen LogP contribution in [0.3, 0.4) is 0 Å². The molecule has 83 heavy (non-hydrogen) atoms. The maximum Gasteiger partial charge on any atom is 0.335 e. The zero-order chi connectivity index (χ0) is 60.3. The fourth-order valence-corrected chi connectivity index (χ4v) is 11.1. The van der Waals surface area contributed by atoms with E-state index in [0.29, 0.717) is 19.3 Å². The number of ether oxygens (including phenoxy) is 5. The topological polar surface area (TPSA) is 175 Å². The van der Waals surface area contributed by atoms with Gasteiger partial charge in [0.1, 0.15) is 18.8 Å².